The predicted octanol–water partition coefficient (Wildman–Crippen LogP) is 5.77. The van der Waals surface area contributed by atoms with Gasteiger partial charge in [0.15, 0.2) is 0 Å². The largest absolute Gasteiger partial charge is 0.493 e. The van der Waals surface area contributed by atoms with Crippen molar-refractivity contribution >= 4 is 28.3 Å². The molecule has 0 radical (unpaired) electrons. The van der Waals surface area contributed by atoms with E-state index in [0.717, 1.165) is 17.4 Å². The number of benzene rings is 2. The third-order valence-corrected chi connectivity index (χ3v) is 5.16. The zero-order valence-corrected chi connectivity index (χ0v) is 17.1. The number of hydrogen-bond acceptors (Lipinski definition) is 4. The van der Waals surface area contributed by atoms with Crippen LogP contribution in [0.1, 0.15) is 37.1 Å². The Labute approximate surface area is 175 Å². The van der Waals surface area contributed by atoms with Crippen molar-refractivity contribution < 1.29 is 5.11 Å². The second-order valence-corrected chi connectivity index (χ2v) is 7.69. The van der Waals surface area contributed by atoms with Gasteiger partial charge in [0.1, 0.15) is 11.3 Å². The summed E-state index contributed by atoms with van der Waals surface area (Å²) in [5, 5.41) is 15.0. The summed E-state index contributed by atoms with van der Waals surface area (Å²) in [6.45, 7) is 4.01. The van der Waals surface area contributed by atoms with Crippen LogP contribution in [0.2, 0.25) is 5.28 Å². The number of fused-ring (bicyclic) bond motifs is 1. The maximum atomic E-state index is 10.6. The van der Waals surface area contributed by atoms with E-state index in [9.17, 15) is 5.11 Å². The van der Waals surface area contributed by atoms with Crippen LogP contribution in [-0.2, 0) is 6.42 Å². The van der Waals surface area contributed by atoms with Crippen molar-refractivity contribution in [3.63, 3.8) is 0 Å². The van der Waals surface area contributed by atoms with Crippen LogP contribution >= 0.6 is 11.6 Å². The predicted molar refractivity (Wildman–Crippen MR) is 118 cm³/mol. The molecule has 148 valence electrons. The zero-order valence-electron chi connectivity index (χ0n) is 16.4. The maximum Gasteiger partial charge on any atom is 0.225 e. The van der Waals surface area contributed by atoms with Gasteiger partial charge in [-0.2, -0.15) is 0 Å². The van der Waals surface area contributed by atoms with Gasteiger partial charge in [0.25, 0.3) is 0 Å². The normalized spacial score (nSPS) is 12.4. The number of nitrogens with zero attached hydrogens (tertiary/aromatic N) is 3. The first kappa shape index (κ1) is 19.3. The first-order valence-electron chi connectivity index (χ1n) is 9.65. The molecule has 0 saturated carbocycles. The van der Waals surface area contributed by atoms with E-state index in [1.165, 1.54) is 5.56 Å². The molecule has 2 N–H and O–H groups in total. The number of hydrogen-bond donors (Lipinski definition) is 2. The van der Waals surface area contributed by atoms with Crippen LogP contribution in [0.15, 0.2) is 66.9 Å². The number of anilines is 1. The van der Waals surface area contributed by atoms with Crippen molar-refractivity contribution in [2.24, 2.45) is 0 Å². The summed E-state index contributed by atoms with van der Waals surface area (Å²) in [6, 6.07) is 20.6. The highest BCUT2D eigenvalue weighted by atomic mass is 35.5. The van der Waals surface area contributed by atoms with Crippen LogP contribution in [0.3, 0.4) is 0 Å². The second-order valence-electron chi connectivity index (χ2n) is 7.35. The van der Waals surface area contributed by atoms with Crippen molar-refractivity contribution in [2.75, 3.05) is 5.32 Å². The van der Waals surface area contributed by atoms with Crippen LogP contribution in [0, 0.1) is 0 Å². The highest BCUT2D eigenvalue weighted by Gasteiger charge is 2.20. The minimum atomic E-state index is -0.0164. The molecule has 0 fully saturated rings. The van der Waals surface area contributed by atoms with Crippen molar-refractivity contribution in [2.45, 2.75) is 32.4 Å². The van der Waals surface area contributed by atoms with Crippen LogP contribution < -0.4 is 5.32 Å². The van der Waals surface area contributed by atoms with Gasteiger partial charge in [-0.25, -0.2) is 9.97 Å². The van der Waals surface area contributed by atoms with Gasteiger partial charge in [0.05, 0.1) is 11.4 Å². The van der Waals surface area contributed by atoms with Gasteiger partial charge < -0.3 is 15.0 Å². The first-order valence-corrected chi connectivity index (χ1v) is 10.0. The third-order valence-electron chi connectivity index (χ3n) is 4.99. The fraction of sp³-hybridized carbons (Fsp3) is 0.217. The fourth-order valence-corrected chi connectivity index (χ4v) is 3.68. The van der Waals surface area contributed by atoms with E-state index < -0.39 is 0 Å². The molecule has 0 aliphatic heterocycles. The SMILES string of the molecule is CC(C)n1cc2c(NC(Cc3ccccc3)c3ccccc3)nc(Cl)nc2c1O. The van der Waals surface area contributed by atoms with Gasteiger partial charge in [0.2, 0.25) is 11.2 Å². The van der Waals surface area contributed by atoms with Crippen LogP contribution in [0.25, 0.3) is 10.9 Å². The standard InChI is InChI=1S/C23H23ClN4O/c1-15(2)28-14-18-20(22(28)29)26-23(24)27-21(18)25-19(17-11-7-4-8-12-17)13-16-9-5-3-6-10-16/h3-12,14-15,19,29H,13H2,1-2H3,(H,25,26,27). The number of halogens is 1. The Morgan fingerprint density at radius 1 is 1.00 bits per heavy atom. The molecule has 2 aromatic heterocycles. The first-order chi connectivity index (χ1) is 14.0. The van der Waals surface area contributed by atoms with Crippen LogP contribution in [0.4, 0.5) is 5.82 Å². The van der Waals surface area contributed by atoms with E-state index in [1.807, 2.05) is 56.4 Å². The summed E-state index contributed by atoms with van der Waals surface area (Å²) in [5.74, 6) is 0.709. The summed E-state index contributed by atoms with van der Waals surface area (Å²) >= 11 is 6.19. The van der Waals surface area contributed by atoms with Gasteiger partial charge in [-0.05, 0) is 43.0 Å². The lowest BCUT2D eigenvalue weighted by atomic mass is 9.99. The lowest BCUT2D eigenvalue weighted by Crippen LogP contribution is -2.15. The van der Waals surface area contributed by atoms with Gasteiger partial charge in [-0.15, -0.1) is 0 Å². The smallest absolute Gasteiger partial charge is 0.225 e. The molecule has 2 aromatic carbocycles. The number of aromatic nitrogens is 3. The molecule has 0 saturated heterocycles. The van der Waals surface area contributed by atoms with Crippen molar-refractivity contribution in [1.29, 1.82) is 0 Å². The Morgan fingerprint density at radius 2 is 1.66 bits per heavy atom. The molecule has 0 aliphatic carbocycles. The Balaban J connectivity index is 1.77. The monoisotopic (exact) mass is 406 g/mol. The average molecular weight is 407 g/mol. The third kappa shape index (κ3) is 4.05. The summed E-state index contributed by atoms with van der Waals surface area (Å²) in [7, 11) is 0. The molecular weight excluding hydrogens is 384 g/mol. The molecule has 0 aliphatic rings. The van der Waals surface area contributed by atoms with E-state index in [-0.39, 0.29) is 23.2 Å². The van der Waals surface area contributed by atoms with Gasteiger partial charge in [-0.3, -0.25) is 0 Å². The minimum Gasteiger partial charge on any atom is -0.493 e. The number of aromatic hydroxyl groups is 1. The molecule has 5 nitrogen and oxygen atoms in total. The molecular formula is C23H23ClN4O. The maximum absolute atomic E-state index is 10.6. The zero-order chi connectivity index (χ0) is 20.4. The van der Waals surface area contributed by atoms with Gasteiger partial charge >= 0.3 is 0 Å². The fourth-order valence-electron chi connectivity index (χ4n) is 3.51. The molecule has 4 aromatic rings. The van der Waals surface area contributed by atoms with Crippen LogP contribution in [0.5, 0.6) is 5.88 Å². The Morgan fingerprint density at radius 3 is 2.31 bits per heavy atom. The average Bonchev–Trinajstić information content (AvgIpc) is 3.06. The van der Waals surface area contributed by atoms with Crippen molar-refractivity contribution in [1.82, 2.24) is 14.5 Å². The summed E-state index contributed by atoms with van der Waals surface area (Å²) in [4.78, 5) is 8.69. The lowest BCUT2D eigenvalue weighted by Gasteiger charge is -2.20. The number of rotatable bonds is 6. The van der Waals surface area contributed by atoms with Crippen LogP contribution in [-0.4, -0.2) is 19.6 Å². The van der Waals surface area contributed by atoms with E-state index >= 15 is 0 Å². The second kappa shape index (κ2) is 8.13. The summed E-state index contributed by atoms with van der Waals surface area (Å²) < 4.78 is 1.77. The molecule has 6 heteroatoms. The van der Waals surface area contributed by atoms with Gasteiger partial charge in [0, 0.05) is 12.2 Å². The Hall–Kier alpha value is -3.05. The molecule has 4 rings (SSSR count). The topological polar surface area (TPSA) is 63.0 Å². The number of nitrogens with one attached hydrogen (secondary N) is 1. The summed E-state index contributed by atoms with van der Waals surface area (Å²) in [5.41, 5.74) is 2.81. The Bertz CT molecular complexity index is 1110. The minimum absolute atomic E-state index is 0.0164. The quantitative estimate of drug-likeness (QED) is 0.399. The highest BCUT2D eigenvalue weighted by molar-refractivity contribution is 6.29. The lowest BCUT2D eigenvalue weighted by molar-refractivity contribution is 0.404. The van der Waals surface area contributed by atoms with E-state index in [0.29, 0.717) is 11.3 Å². The Kier molecular flexibility index (Phi) is 5.41. The van der Waals surface area contributed by atoms with Gasteiger partial charge in [-0.1, -0.05) is 60.7 Å². The molecule has 29 heavy (non-hydrogen) atoms. The molecule has 1 atom stereocenters. The van der Waals surface area contributed by atoms with E-state index in [1.54, 1.807) is 4.57 Å². The molecule has 0 amide bonds. The van der Waals surface area contributed by atoms with Crippen molar-refractivity contribution in [3.8, 4) is 5.88 Å². The van der Waals surface area contributed by atoms with E-state index in [4.69, 9.17) is 11.6 Å². The molecule has 1 unspecified atom stereocenters. The van der Waals surface area contributed by atoms with E-state index in [2.05, 4.69) is 39.6 Å². The molecule has 0 spiro atoms. The summed E-state index contributed by atoms with van der Waals surface area (Å²) in [6.07, 6.45) is 2.66. The molecule has 2 heterocycles. The molecule has 0 bridgehead atoms. The highest BCUT2D eigenvalue weighted by Crippen LogP contribution is 2.35. The van der Waals surface area contributed by atoms with Crippen molar-refractivity contribution in [3.05, 3.63) is 83.3 Å².